The van der Waals surface area contributed by atoms with Gasteiger partial charge in [0.2, 0.25) is 0 Å². The van der Waals surface area contributed by atoms with Gasteiger partial charge in [0.05, 0.1) is 24.7 Å². The molecule has 31 heavy (non-hydrogen) atoms. The molecule has 0 fully saturated rings. The van der Waals surface area contributed by atoms with Crippen LogP contribution in [-0.2, 0) is 13.0 Å². The Kier molecular flexibility index (Phi) is 5.93. The van der Waals surface area contributed by atoms with Crippen molar-refractivity contribution in [2.75, 3.05) is 18.2 Å². The largest absolute Gasteiger partial charge is 0.496 e. The number of amides is 1. The third-order valence-electron chi connectivity index (χ3n) is 4.99. The van der Waals surface area contributed by atoms with Gasteiger partial charge in [-0.05, 0) is 42.3 Å². The number of benzene rings is 3. The molecule has 7 heteroatoms. The number of carbonyl (C=O) groups is 1. The Morgan fingerprint density at radius 1 is 1.03 bits per heavy atom. The number of aryl methyl sites for hydroxylation is 2. The molecule has 0 aliphatic carbocycles. The molecule has 7 nitrogen and oxygen atoms in total. The number of nitrogens with two attached hydrogens (primary N) is 1. The fraction of sp³-hybridized carbons (Fsp3) is 0.125. The Morgan fingerprint density at radius 3 is 2.55 bits per heavy atom. The van der Waals surface area contributed by atoms with Crippen LogP contribution in [0.2, 0.25) is 0 Å². The van der Waals surface area contributed by atoms with Gasteiger partial charge in [-0.1, -0.05) is 47.7 Å². The quantitative estimate of drug-likeness (QED) is 0.446. The summed E-state index contributed by atoms with van der Waals surface area (Å²) in [5.74, 6) is 0.652. The van der Waals surface area contributed by atoms with Crippen LogP contribution in [0.5, 0.6) is 5.75 Å². The van der Waals surface area contributed by atoms with Gasteiger partial charge in [0.15, 0.2) is 0 Å². The molecule has 3 aromatic carbocycles. The fourth-order valence-corrected chi connectivity index (χ4v) is 3.28. The highest BCUT2D eigenvalue weighted by atomic mass is 16.5. The Hall–Kier alpha value is -4.13. The normalized spacial score (nSPS) is 10.6. The molecule has 4 rings (SSSR count). The molecule has 0 spiro atoms. The van der Waals surface area contributed by atoms with E-state index in [2.05, 4.69) is 15.6 Å². The molecule has 0 unspecified atom stereocenters. The number of nitrogen functional groups attached to an aromatic ring is 1. The molecule has 1 heterocycles. The molecule has 4 aromatic rings. The molecular weight excluding hydrogens is 390 g/mol. The molecular formula is C24H23N5O2. The van der Waals surface area contributed by atoms with E-state index in [-0.39, 0.29) is 5.91 Å². The summed E-state index contributed by atoms with van der Waals surface area (Å²) in [4.78, 5) is 12.5. The molecule has 0 aliphatic rings. The van der Waals surface area contributed by atoms with Gasteiger partial charge in [-0.25, -0.2) is 0 Å². The van der Waals surface area contributed by atoms with E-state index in [1.54, 1.807) is 36.1 Å². The number of nitrogens with zero attached hydrogens (tertiary/aromatic N) is 3. The highest BCUT2D eigenvalue weighted by Gasteiger charge is 2.10. The summed E-state index contributed by atoms with van der Waals surface area (Å²) >= 11 is 0. The summed E-state index contributed by atoms with van der Waals surface area (Å²) in [6, 6.07) is 22.3. The van der Waals surface area contributed by atoms with Crippen molar-refractivity contribution in [2.45, 2.75) is 13.0 Å². The van der Waals surface area contributed by atoms with Crippen LogP contribution in [0.1, 0.15) is 15.9 Å². The molecule has 0 bridgehead atoms. The number of ether oxygens (including phenoxy) is 1. The van der Waals surface area contributed by atoms with Crippen molar-refractivity contribution in [1.82, 2.24) is 15.0 Å². The summed E-state index contributed by atoms with van der Waals surface area (Å²) in [5, 5.41) is 11.3. The predicted molar refractivity (Wildman–Crippen MR) is 121 cm³/mol. The van der Waals surface area contributed by atoms with Gasteiger partial charge >= 0.3 is 0 Å². The zero-order chi connectivity index (χ0) is 21.6. The third kappa shape index (κ3) is 4.72. The zero-order valence-corrected chi connectivity index (χ0v) is 17.2. The van der Waals surface area contributed by atoms with Crippen LogP contribution in [0.25, 0.3) is 11.3 Å². The number of carbonyl (C=O) groups excluding carboxylic acids is 1. The van der Waals surface area contributed by atoms with Crippen molar-refractivity contribution in [3.63, 3.8) is 0 Å². The average molecular weight is 413 g/mol. The Labute approximate surface area is 180 Å². The van der Waals surface area contributed by atoms with Crippen molar-refractivity contribution < 1.29 is 9.53 Å². The first-order valence-electron chi connectivity index (χ1n) is 9.92. The summed E-state index contributed by atoms with van der Waals surface area (Å²) in [5.41, 5.74) is 10.3. The van der Waals surface area contributed by atoms with Gasteiger partial charge in [-0.2, -0.15) is 0 Å². The lowest BCUT2D eigenvalue weighted by Crippen LogP contribution is -2.12. The molecule has 0 aliphatic heterocycles. The van der Waals surface area contributed by atoms with Crippen molar-refractivity contribution in [3.8, 4) is 17.0 Å². The van der Waals surface area contributed by atoms with E-state index in [0.29, 0.717) is 23.5 Å². The van der Waals surface area contributed by atoms with Crippen LogP contribution in [0.4, 0.5) is 11.4 Å². The van der Waals surface area contributed by atoms with E-state index in [4.69, 9.17) is 10.5 Å². The monoisotopic (exact) mass is 413 g/mol. The molecule has 1 amide bonds. The van der Waals surface area contributed by atoms with Crippen molar-refractivity contribution in [3.05, 3.63) is 90.1 Å². The standard InChI is InChI=1S/C24H23N5O2/c1-31-23-9-5-2-6-18(23)14-15-29-16-22(27-28-29)17-10-12-19(13-11-17)24(30)26-21-8-4-3-7-20(21)25/h2-13,16H,14-15,25H2,1H3,(H,26,30). The van der Waals surface area contributed by atoms with E-state index >= 15 is 0 Å². The molecule has 156 valence electrons. The maximum atomic E-state index is 12.5. The summed E-state index contributed by atoms with van der Waals surface area (Å²) in [6.45, 7) is 0.687. The first-order chi connectivity index (χ1) is 15.1. The highest BCUT2D eigenvalue weighted by molar-refractivity contribution is 6.05. The summed E-state index contributed by atoms with van der Waals surface area (Å²) in [6.07, 6.45) is 2.68. The minimum absolute atomic E-state index is 0.218. The van der Waals surface area contributed by atoms with Gasteiger partial charge in [-0.3, -0.25) is 9.48 Å². The number of rotatable bonds is 7. The van der Waals surface area contributed by atoms with Crippen LogP contribution < -0.4 is 15.8 Å². The molecule has 0 saturated carbocycles. The number of anilines is 2. The van der Waals surface area contributed by atoms with Gasteiger partial charge < -0.3 is 15.8 Å². The third-order valence-corrected chi connectivity index (χ3v) is 4.99. The number of nitrogens with one attached hydrogen (secondary N) is 1. The van der Waals surface area contributed by atoms with Crippen molar-refractivity contribution in [2.24, 2.45) is 0 Å². The lowest BCUT2D eigenvalue weighted by atomic mass is 10.1. The van der Waals surface area contributed by atoms with E-state index in [1.165, 1.54) is 0 Å². The number of hydrogen-bond acceptors (Lipinski definition) is 5. The second-order valence-electron chi connectivity index (χ2n) is 7.05. The Balaban J connectivity index is 1.41. The fourth-order valence-electron chi connectivity index (χ4n) is 3.28. The number of methoxy groups -OCH3 is 1. The van der Waals surface area contributed by atoms with Gasteiger partial charge in [0, 0.05) is 17.7 Å². The average Bonchev–Trinajstić information content (AvgIpc) is 3.28. The first kappa shape index (κ1) is 20.2. The molecule has 0 radical (unpaired) electrons. The molecule has 0 atom stereocenters. The topological polar surface area (TPSA) is 95.1 Å². The van der Waals surface area contributed by atoms with Crippen LogP contribution in [0.15, 0.2) is 79.0 Å². The summed E-state index contributed by atoms with van der Waals surface area (Å²) in [7, 11) is 1.67. The van der Waals surface area contributed by atoms with Gasteiger partial charge in [-0.15, -0.1) is 5.10 Å². The zero-order valence-electron chi connectivity index (χ0n) is 17.2. The van der Waals surface area contributed by atoms with E-state index in [1.807, 2.05) is 54.7 Å². The van der Waals surface area contributed by atoms with E-state index in [0.717, 1.165) is 29.0 Å². The Morgan fingerprint density at radius 2 is 1.77 bits per heavy atom. The van der Waals surface area contributed by atoms with Crippen molar-refractivity contribution >= 4 is 17.3 Å². The van der Waals surface area contributed by atoms with E-state index in [9.17, 15) is 4.79 Å². The van der Waals surface area contributed by atoms with Crippen LogP contribution in [0, 0.1) is 0 Å². The van der Waals surface area contributed by atoms with Crippen LogP contribution in [-0.4, -0.2) is 28.0 Å². The number of hydrogen-bond donors (Lipinski definition) is 2. The molecule has 3 N–H and O–H groups in total. The predicted octanol–water partition coefficient (Wildman–Crippen LogP) is 4.03. The maximum absolute atomic E-state index is 12.5. The molecule has 0 saturated heterocycles. The molecule has 1 aromatic heterocycles. The van der Waals surface area contributed by atoms with E-state index < -0.39 is 0 Å². The van der Waals surface area contributed by atoms with Crippen LogP contribution >= 0.6 is 0 Å². The Bertz CT molecular complexity index is 1180. The maximum Gasteiger partial charge on any atom is 0.255 e. The minimum Gasteiger partial charge on any atom is -0.496 e. The highest BCUT2D eigenvalue weighted by Crippen LogP contribution is 2.21. The first-order valence-corrected chi connectivity index (χ1v) is 9.92. The second kappa shape index (κ2) is 9.13. The number of para-hydroxylation sites is 3. The van der Waals surface area contributed by atoms with Gasteiger partial charge in [0.25, 0.3) is 5.91 Å². The lowest BCUT2D eigenvalue weighted by molar-refractivity contribution is 0.102. The smallest absolute Gasteiger partial charge is 0.255 e. The second-order valence-corrected chi connectivity index (χ2v) is 7.05. The lowest BCUT2D eigenvalue weighted by Gasteiger charge is -2.08. The van der Waals surface area contributed by atoms with Gasteiger partial charge in [0.1, 0.15) is 11.4 Å². The SMILES string of the molecule is COc1ccccc1CCn1cc(-c2ccc(C(=O)Nc3ccccc3N)cc2)nn1. The number of aromatic nitrogens is 3. The van der Waals surface area contributed by atoms with Crippen LogP contribution in [0.3, 0.4) is 0 Å². The minimum atomic E-state index is -0.218. The van der Waals surface area contributed by atoms with Crippen molar-refractivity contribution in [1.29, 1.82) is 0 Å². The summed E-state index contributed by atoms with van der Waals surface area (Å²) < 4.78 is 7.20.